The Balaban J connectivity index is 2.23. The molecule has 1 atom stereocenters. The van der Waals surface area contributed by atoms with Gasteiger partial charge in [-0.25, -0.2) is 0 Å². The number of hydrogen-bond donors (Lipinski definition) is 1. The van der Waals surface area contributed by atoms with Gasteiger partial charge in [0.25, 0.3) is 0 Å². The van der Waals surface area contributed by atoms with Crippen molar-refractivity contribution < 1.29 is 0 Å². The largest absolute Gasteiger partial charge is 0.399 e. The van der Waals surface area contributed by atoms with Crippen LogP contribution in [0.5, 0.6) is 0 Å². The summed E-state index contributed by atoms with van der Waals surface area (Å²) in [7, 11) is 0. The van der Waals surface area contributed by atoms with Crippen LogP contribution in [0.15, 0.2) is 48.5 Å². The zero-order valence-corrected chi connectivity index (χ0v) is 13.3. The molecule has 2 N–H and O–H groups in total. The molecule has 21 heavy (non-hydrogen) atoms. The van der Waals surface area contributed by atoms with E-state index in [1.807, 2.05) is 12.1 Å². The van der Waals surface area contributed by atoms with E-state index >= 15 is 0 Å². The first-order chi connectivity index (χ1) is 10.2. The van der Waals surface area contributed by atoms with Crippen LogP contribution in [0.25, 0.3) is 0 Å². The highest BCUT2D eigenvalue weighted by atomic mass is 14.5. The number of rotatable bonds is 7. The van der Waals surface area contributed by atoms with Gasteiger partial charge in [0, 0.05) is 11.6 Å². The van der Waals surface area contributed by atoms with Crippen molar-refractivity contribution in [3.8, 4) is 0 Å². The lowest BCUT2D eigenvalue weighted by molar-refractivity contribution is 0.618. The molecule has 1 unspecified atom stereocenters. The summed E-state index contributed by atoms with van der Waals surface area (Å²) >= 11 is 0. The predicted molar refractivity (Wildman–Crippen MR) is 92.7 cm³/mol. The van der Waals surface area contributed by atoms with Crippen LogP contribution in [0, 0.1) is 0 Å². The molecule has 0 saturated heterocycles. The standard InChI is InChI=1S/C20H27N/c1-3-5-6-7-20(18-12-14-19(21)15-13-18)17-10-8-16(4-2)9-11-17/h8-15,20H,3-7,21H2,1-2H3. The molecule has 0 bridgehead atoms. The highest BCUT2D eigenvalue weighted by Gasteiger charge is 2.13. The predicted octanol–water partition coefficient (Wildman–Crippen LogP) is 5.54. The van der Waals surface area contributed by atoms with Crippen molar-refractivity contribution in [2.24, 2.45) is 0 Å². The molecule has 0 aliphatic rings. The molecule has 0 fully saturated rings. The van der Waals surface area contributed by atoms with Gasteiger partial charge in [0.2, 0.25) is 0 Å². The van der Waals surface area contributed by atoms with Crippen molar-refractivity contribution in [1.82, 2.24) is 0 Å². The van der Waals surface area contributed by atoms with E-state index in [-0.39, 0.29) is 0 Å². The van der Waals surface area contributed by atoms with Crippen molar-refractivity contribution in [3.05, 3.63) is 65.2 Å². The zero-order valence-electron chi connectivity index (χ0n) is 13.3. The van der Waals surface area contributed by atoms with Crippen molar-refractivity contribution in [2.75, 3.05) is 5.73 Å². The van der Waals surface area contributed by atoms with Gasteiger partial charge in [-0.1, -0.05) is 69.5 Å². The van der Waals surface area contributed by atoms with Crippen LogP contribution >= 0.6 is 0 Å². The third kappa shape index (κ3) is 4.35. The van der Waals surface area contributed by atoms with E-state index in [0.717, 1.165) is 12.1 Å². The summed E-state index contributed by atoms with van der Waals surface area (Å²) in [5.74, 6) is 0.489. The summed E-state index contributed by atoms with van der Waals surface area (Å²) in [6, 6.07) is 17.5. The van der Waals surface area contributed by atoms with E-state index in [9.17, 15) is 0 Å². The summed E-state index contributed by atoms with van der Waals surface area (Å²) in [6.45, 7) is 4.46. The minimum atomic E-state index is 0.489. The zero-order chi connectivity index (χ0) is 15.1. The summed E-state index contributed by atoms with van der Waals surface area (Å²) in [5.41, 5.74) is 10.9. The summed E-state index contributed by atoms with van der Waals surface area (Å²) in [5, 5.41) is 0. The minimum absolute atomic E-state index is 0.489. The summed E-state index contributed by atoms with van der Waals surface area (Å²) < 4.78 is 0. The third-order valence-electron chi connectivity index (χ3n) is 4.23. The Hall–Kier alpha value is -1.76. The maximum Gasteiger partial charge on any atom is 0.0314 e. The fourth-order valence-electron chi connectivity index (χ4n) is 2.84. The fraction of sp³-hybridized carbons (Fsp3) is 0.400. The lowest BCUT2D eigenvalue weighted by Crippen LogP contribution is -2.02. The van der Waals surface area contributed by atoms with Gasteiger partial charge in [-0.15, -0.1) is 0 Å². The normalized spacial score (nSPS) is 12.3. The second-order valence-corrected chi connectivity index (χ2v) is 5.81. The Morgan fingerprint density at radius 2 is 1.38 bits per heavy atom. The molecule has 0 aromatic heterocycles. The molecule has 1 nitrogen and oxygen atoms in total. The molecule has 0 aliphatic carbocycles. The van der Waals surface area contributed by atoms with Crippen LogP contribution in [0.3, 0.4) is 0 Å². The van der Waals surface area contributed by atoms with Gasteiger partial charge >= 0.3 is 0 Å². The lowest BCUT2D eigenvalue weighted by Gasteiger charge is -2.18. The topological polar surface area (TPSA) is 26.0 Å². The number of benzene rings is 2. The van der Waals surface area contributed by atoms with E-state index < -0.39 is 0 Å². The van der Waals surface area contributed by atoms with Crippen molar-refractivity contribution in [1.29, 1.82) is 0 Å². The van der Waals surface area contributed by atoms with Crippen molar-refractivity contribution >= 4 is 5.69 Å². The van der Waals surface area contributed by atoms with Crippen LogP contribution in [-0.2, 0) is 6.42 Å². The Morgan fingerprint density at radius 3 is 1.90 bits per heavy atom. The fourth-order valence-corrected chi connectivity index (χ4v) is 2.84. The number of anilines is 1. The quantitative estimate of drug-likeness (QED) is 0.523. The molecule has 0 heterocycles. The molecule has 0 saturated carbocycles. The maximum absolute atomic E-state index is 5.83. The molecule has 2 aromatic carbocycles. The number of unbranched alkanes of at least 4 members (excludes halogenated alkanes) is 2. The van der Waals surface area contributed by atoms with Crippen molar-refractivity contribution in [2.45, 2.75) is 51.9 Å². The van der Waals surface area contributed by atoms with Crippen LogP contribution in [-0.4, -0.2) is 0 Å². The highest BCUT2D eigenvalue weighted by molar-refractivity contribution is 5.43. The van der Waals surface area contributed by atoms with E-state index in [1.54, 1.807) is 0 Å². The SMILES string of the molecule is CCCCCC(c1ccc(N)cc1)c1ccc(CC)cc1. The van der Waals surface area contributed by atoms with Crippen molar-refractivity contribution in [3.63, 3.8) is 0 Å². The van der Waals surface area contributed by atoms with Gasteiger partial charge in [0.05, 0.1) is 0 Å². The second-order valence-electron chi connectivity index (χ2n) is 5.81. The molecular formula is C20H27N. The number of nitrogens with two attached hydrogens (primary N) is 1. The molecule has 1 heteroatoms. The van der Waals surface area contributed by atoms with Gasteiger partial charge < -0.3 is 5.73 Å². The van der Waals surface area contributed by atoms with Crippen LogP contribution in [0.4, 0.5) is 5.69 Å². The Morgan fingerprint density at radius 1 is 0.810 bits per heavy atom. The van der Waals surface area contributed by atoms with E-state index in [2.05, 4.69) is 50.2 Å². The minimum Gasteiger partial charge on any atom is -0.399 e. The van der Waals surface area contributed by atoms with Crippen LogP contribution in [0.1, 0.15) is 62.1 Å². The lowest BCUT2D eigenvalue weighted by atomic mass is 9.86. The molecular weight excluding hydrogens is 254 g/mol. The van der Waals surface area contributed by atoms with Gasteiger partial charge in [0.15, 0.2) is 0 Å². The first kappa shape index (κ1) is 15.6. The first-order valence-corrected chi connectivity index (χ1v) is 8.18. The molecule has 112 valence electrons. The number of aryl methyl sites for hydroxylation is 1. The smallest absolute Gasteiger partial charge is 0.0314 e. The maximum atomic E-state index is 5.83. The average Bonchev–Trinajstić information content (AvgIpc) is 2.53. The number of nitrogen functional groups attached to an aromatic ring is 1. The molecule has 2 rings (SSSR count). The molecule has 2 aromatic rings. The van der Waals surface area contributed by atoms with Gasteiger partial charge in [0.1, 0.15) is 0 Å². The number of hydrogen-bond acceptors (Lipinski definition) is 1. The third-order valence-corrected chi connectivity index (χ3v) is 4.23. The molecule has 0 spiro atoms. The van der Waals surface area contributed by atoms with Gasteiger partial charge in [-0.3, -0.25) is 0 Å². The molecule has 0 amide bonds. The Labute approximate surface area is 129 Å². The summed E-state index contributed by atoms with van der Waals surface area (Å²) in [4.78, 5) is 0. The average molecular weight is 281 g/mol. The van der Waals surface area contributed by atoms with Crippen LogP contribution in [0.2, 0.25) is 0 Å². The monoisotopic (exact) mass is 281 g/mol. The van der Waals surface area contributed by atoms with Gasteiger partial charge in [-0.05, 0) is 41.7 Å². The summed E-state index contributed by atoms with van der Waals surface area (Å²) in [6.07, 6.45) is 6.16. The van der Waals surface area contributed by atoms with E-state index in [1.165, 1.54) is 42.4 Å². The Bertz CT molecular complexity index is 525. The first-order valence-electron chi connectivity index (χ1n) is 8.18. The van der Waals surface area contributed by atoms with E-state index in [0.29, 0.717) is 5.92 Å². The van der Waals surface area contributed by atoms with Crippen LogP contribution < -0.4 is 5.73 Å². The van der Waals surface area contributed by atoms with Gasteiger partial charge in [-0.2, -0.15) is 0 Å². The highest BCUT2D eigenvalue weighted by Crippen LogP contribution is 2.30. The molecule has 0 aliphatic heterocycles. The second kappa shape index (κ2) is 7.87. The Kier molecular flexibility index (Phi) is 5.86. The molecule has 0 radical (unpaired) electrons. The van der Waals surface area contributed by atoms with E-state index in [4.69, 9.17) is 5.73 Å².